The van der Waals surface area contributed by atoms with Gasteiger partial charge in [-0.3, -0.25) is 4.90 Å². The summed E-state index contributed by atoms with van der Waals surface area (Å²) in [5.74, 6) is 1.66. The lowest BCUT2D eigenvalue weighted by Gasteiger charge is -2.13. The van der Waals surface area contributed by atoms with Gasteiger partial charge in [0.2, 0.25) is 0 Å². The maximum Gasteiger partial charge on any atom is 0.117 e. The highest BCUT2D eigenvalue weighted by molar-refractivity contribution is 7.09. The number of hydrogen-bond acceptors (Lipinski definition) is 5. The van der Waals surface area contributed by atoms with Gasteiger partial charge < -0.3 is 9.73 Å². The van der Waals surface area contributed by atoms with Crippen molar-refractivity contribution in [2.24, 2.45) is 5.92 Å². The second kappa shape index (κ2) is 7.57. The highest BCUT2D eigenvalue weighted by Gasteiger charge is 2.07. The third-order valence-electron chi connectivity index (χ3n) is 2.87. The van der Waals surface area contributed by atoms with Crippen molar-refractivity contribution in [3.63, 3.8) is 0 Å². The molecule has 0 fully saturated rings. The molecule has 0 aliphatic heterocycles. The molecular formula is C15H23N3OS. The number of rotatable bonds is 8. The van der Waals surface area contributed by atoms with E-state index < -0.39 is 0 Å². The van der Waals surface area contributed by atoms with Crippen molar-refractivity contribution < 1.29 is 4.42 Å². The Balaban J connectivity index is 1.77. The van der Waals surface area contributed by atoms with Gasteiger partial charge in [-0.05, 0) is 31.6 Å². The molecule has 0 spiro atoms. The summed E-state index contributed by atoms with van der Waals surface area (Å²) in [5, 5.41) is 6.73. The van der Waals surface area contributed by atoms with Crippen LogP contribution in [-0.4, -0.2) is 23.5 Å². The van der Waals surface area contributed by atoms with Crippen LogP contribution in [0.3, 0.4) is 0 Å². The van der Waals surface area contributed by atoms with Gasteiger partial charge >= 0.3 is 0 Å². The van der Waals surface area contributed by atoms with Crippen molar-refractivity contribution in [3.05, 3.63) is 40.2 Å². The van der Waals surface area contributed by atoms with Crippen LogP contribution < -0.4 is 5.32 Å². The first kappa shape index (κ1) is 15.2. The zero-order chi connectivity index (χ0) is 14.4. The average Bonchev–Trinajstić information content (AvgIpc) is 3.01. The fraction of sp³-hybridized carbons (Fsp3) is 0.533. The van der Waals surface area contributed by atoms with E-state index >= 15 is 0 Å². The largest absolute Gasteiger partial charge is 0.468 e. The monoisotopic (exact) mass is 293 g/mol. The molecule has 110 valence electrons. The van der Waals surface area contributed by atoms with E-state index in [0.717, 1.165) is 42.6 Å². The van der Waals surface area contributed by atoms with E-state index in [9.17, 15) is 0 Å². The number of furan rings is 1. The summed E-state index contributed by atoms with van der Waals surface area (Å²) in [5.41, 5.74) is 1.13. The van der Waals surface area contributed by atoms with Crippen LogP contribution in [0.25, 0.3) is 0 Å². The van der Waals surface area contributed by atoms with E-state index in [1.807, 2.05) is 12.1 Å². The van der Waals surface area contributed by atoms with Gasteiger partial charge in [0.25, 0.3) is 0 Å². The lowest BCUT2D eigenvalue weighted by Crippen LogP contribution is -2.19. The zero-order valence-corrected chi connectivity index (χ0v) is 13.2. The normalized spacial score (nSPS) is 11.7. The van der Waals surface area contributed by atoms with Gasteiger partial charge in [0, 0.05) is 18.5 Å². The van der Waals surface area contributed by atoms with Gasteiger partial charge in [-0.2, -0.15) is 0 Å². The fourth-order valence-electron chi connectivity index (χ4n) is 1.97. The van der Waals surface area contributed by atoms with Crippen LogP contribution in [0.1, 0.15) is 30.3 Å². The van der Waals surface area contributed by atoms with Gasteiger partial charge in [-0.15, -0.1) is 11.3 Å². The fourth-order valence-corrected chi connectivity index (χ4v) is 2.73. The predicted octanol–water partition coefficient (Wildman–Crippen LogP) is 3.11. The minimum Gasteiger partial charge on any atom is -0.468 e. The summed E-state index contributed by atoms with van der Waals surface area (Å²) in [6.07, 6.45) is 1.71. The van der Waals surface area contributed by atoms with E-state index in [-0.39, 0.29) is 0 Å². The lowest BCUT2D eigenvalue weighted by molar-refractivity contribution is 0.285. The van der Waals surface area contributed by atoms with Crippen LogP contribution >= 0.6 is 11.3 Å². The molecule has 0 amide bonds. The van der Waals surface area contributed by atoms with Gasteiger partial charge in [0.05, 0.1) is 18.5 Å². The van der Waals surface area contributed by atoms with Crippen molar-refractivity contribution in [2.75, 3.05) is 13.6 Å². The van der Waals surface area contributed by atoms with Gasteiger partial charge in [-0.25, -0.2) is 4.98 Å². The Morgan fingerprint density at radius 3 is 2.95 bits per heavy atom. The molecule has 0 aromatic carbocycles. The first-order valence-electron chi connectivity index (χ1n) is 6.98. The minimum absolute atomic E-state index is 0.675. The topological polar surface area (TPSA) is 41.3 Å². The molecule has 0 aliphatic rings. The Hall–Kier alpha value is -1.17. The molecule has 0 atom stereocenters. The quantitative estimate of drug-likeness (QED) is 0.812. The molecule has 0 saturated carbocycles. The summed E-state index contributed by atoms with van der Waals surface area (Å²) in [6, 6.07) is 3.92. The SMILES string of the molecule is CC(C)CNCc1nc(CN(C)Cc2ccco2)cs1. The molecule has 0 unspecified atom stereocenters. The summed E-state index contributed by atoms with van der Waals surface area (Å²) in [6.45, 7) is 7.98. The van der Waals surface area contributed by atoms with Gasteiger partial charge in [-0.1, -0.05) is 13.8 Å². The average molecular weight is 293 g/mol. The molecule has 4 nitrogen and oxygen atoms in total. The number of nitrogens with zero attached hydrogens (tertiary/aromatic N) is 2. The number of thiazole rings is 1. The Kier molecular flexibility index (Phi) is 5.76. The highest BCUT2D eigenvalue weighted by Crippen LogP contribution is 2.13. The van der Waals surface area contributed by atoms with Crippen molar-refractivity contribution in [1.29, 1.82) is 0 Å². The summed E-state index contributed by atoms with van der Waals surface area (Å²) in [4.78, 5) is 6.87. The van der Waals surface area contributed by atoms with Gasteiger partial charge in [0.15, 0.2) is 0 Å². The molecule has 20 heavy (non-hydrogen) atoms. The van der Waals surface area contributed by atoms with Gasteiger partial charge in [0.1, 0.15) is 10.8 Å². The van der Waals surface area contributed by atoms with E-state index in [1.165, 1.54) is 0 Å². The third kappa shape index (κ3) is 5.07. The van der Waals surface area contributed by atoms with E-state index in [1.54, 1.807) is 17.6 Å². The van der Waals surface area contributed by atoms with Crippen molar-refractivity contribution in [3.8, 4) is 0 Å². The Morgan fingerprint density at radius 1 is 1.40 bits per heavy atom. The van der Waals surface area contributed by atoms with E-state index in [0.29, 0.717) is 5.92 Å². The lowest BCUT2D eigenvalue weighted by atomic mass is 10.2. The Labute approximate surface area is 124 Å². The first-order chi connectivity index (χ1) is 9.63. The number of nitrogens with one attached hydrogen (secondary N) is 1. The molecule has 2 heterocycles. The predicted molar refractivity (Wildman–Crippen MR) is 82.5 cm³/mol. The van der Waals surface area contributed by atoms with Crippen LogP contribution in [0.15, 0.2) is 28.2 Å². The van der Waals surface area contributed by atoms with Crippen LogP contribution in [0.5, 0.6) is 0 Å². The first-order valence-corrected chi connectivity index (χ1v) is 7.86. The molecular weight excluding hydrogens is 270 g/mol. The molecule has 0 radical (unpaired) electrons. The zero-order valence-electron chi connectivity index (χ0n) is 12.4. The van der Waals surface area contributed by atoms with E-state index in [4.69, 9.17) is 4.42 Å². The summed E-state index contributed by atoms with van der Waals surface area (Å²) >= 11 is 1.73. The van der Waals surface area contributed by atoms with Crippen molar-refractivity contribution in [2.45, 2.75) is 33.5 Å². The van der Waals surface area contributed by atoms with Crippen LogP contribution in [-0.2, 0) is 19.6 Å². The molecule has 2 rings (SSSR count). The molecule has 1 N–H and O–H groups in total. The molecule has 2 aromatic rings. The molecule has 0 saturated heterocycles. The summed E-state index contributed by atoms with van der Waals surface area (Å²) < 4.78 is 5.35. The second-order valence-corrected chi connectivity index (χ2v) is 6.45. The molecule has 2 aromatic heterocycles. The maximum atomic E-state index is 5.35. The number of hydrogen-bond donors (Lipinski definition) is 1. The smallest absolute Gasteiger partial charge is 0.117 e. The number of aromatic nitrogens is 1. The molecule has 5 heteroatoms. The second-order valence-electron chi connectivity index (χ2n) is 5.51. The van der Waals surface area contributed by atoms with Crippen LogP contribution in [0.4, 0.5) is 0 Å². The van der Waals surface area contributed by atoms with E-state index in [2.05, 4.69) is 41.5 Å². The Morgan fingerprint density at radius 2 is 2.25 bits per heavy atom. The third-order valence-corrected chi connectivity index (χ3v) is 3.76. The van der Waals surface area contributed by atoms with Crippen molar-refractivity contribution in [1.82, 2.24) is 15.2 Å². The highest BCUT2D eigenvalue weighted by atomic mass is 32.1. The maximum absolute atomic E-state index is 5.35. The Bertz CT molecular complexity index is 493. The standard InChI is InChI=1S/C15H23N3OS/c1-12(2)7-16-8-15-17-13(11-20-15)9-18(3)10-14-5-4-6-19-14/h4-6,11-12,16H,7-10H2,1-3H3. The van der Waals surface area contributed by atoms with Crippen molar-refractivity contribution >= 4 is 11.3 Å². The molecule has 0 bridgehead atoms. The molecule has 0 aliphatic carbocycles. The summed E-state index contributed by atoms with van der Waals surface area (Å²) in [7, 11) is 2.08. The van der Waals surface area contributed by atoms with Crippen LogP contribution in [0, 0.1) is 5.92 Å². The minimum atomic E-state index is 0.675. The van der Waals surface area contributed by atoms with Crippen LogP contribution in [0.2, 0.25) is 0 Å².